The summed E-state index contributed by atoms with van der Waals surface area (Å²) in [7, 11) is 1.39. The number of esters is 1. The largest absolute Gasteiger partial charge is 0.491 e. The molecule has 1 aliphatic rings. The molecule has 2 atom stereocenters. The highest BCUT2D eigenvalue weighted by Crippen LogP contribution is 2.25. The third kappa shape index (κ3) is 8.40. The number of benzene rings is 1. The Morgan fingerprint density at radius 2 is 1.84 bits per heavy atom. The zero-order valence-electron chi connectivity index (χ0n) is 20.2. The fourth-order valence-electron chi connectivity index (χ4n) is 3.18. The zero-order chi connectivity index (χ0) is 23.8. The average molecular weight is 438 g/mol. The molecule has 1 heterocycles. The molecule has 0 aromatic heterocycles. The van der Waals surface area contributed by atoms with E-state index in [-0.39, 0.29) is 30.5 Å². The number of carbonyl (C=O) groups excluding carboxylic acids is 2. The molecule has 1 aliphatic heterocycles. The summed E-state index contributed by atoms with van der Waals surface area (Å²) in [5.74, 6) is 0.233. The van der Waals surface area contributed by atoms with E-state index in [0.29, 0.717) is 25.3 Å². The van der Waals surface area contributed by atoms with E-state index >= 15 is 0 Å². The van der Waals surface area contributed by atoms with Crippen LogP contribution in [0.15, 0.2) is 18.2 Å². The zero-order valence-corrected chi connectivity index (χ0v) is 20.2. The number of amides is 1. The Bertz CT molecular complexity index is 721. The Morgan fingerprint density at radius 1 is 1.23 bits per heavy atom. The van der Waals surface area contributed by atoms with Gasteiger partial charge in [0, 0.05) is 19.0 Å². The predicted octanol–water partition coefficient (Wildman–Crippen LogP) is 3.98. The first-order valence-electron chi connectivity index (χ1n) is 11.0. The topological polar surface area (TPSA) is 85.3 Å². The highest BCUT2D eigenvalue weighted by molar-refractivity contribution is 5.72. The summed E-state index contributed by atoms with van der Waals surface area (Å²) < 4.78 is 15.9. The molecule has 7 nitrogen and oxygen atoms in total. The maximum atomic E-state index is 12.0. The Morgan fingerprint density at radius 3 is 2.35 bits per heavy atom. The van der Waals surface area contributed by atoms with E-state index in [0.717, 1.165) is 11.1 Å². The molecule has 1 fully saturated rings. The first kappa shape index (κ1) is 26.8. The van der Waals surface area contributed by atoms with Crippen molar-refractivity contribution in [2.75, 3.05) is 26.8 Å². The number of aliphatic hydroxyl groups excluding tert-OH is 1. The molecule has 0 saturated carbocycles. The molecule has 1 amide bonds. The average Bonchev–Trinajstić information content (AvgIpc) is 2.65. The van der Waals surface area contributed by atoms with Crippen molar-refractivity contribution in [2.24, 2.45) is 11.8 Å². The minimum Gasteiger partial charge on any atom is -0.491 e. The van der Waals surface area contributed by atoms with E-state index in [2.05, 4.69) is 0 Å². The minimum absolute atomic E-state index is 0.0250. The van der Waals surface area contributed by atoms with Crippen molar-refractivity contribution in [2.45, 2.75) is 66.6 Å². The maximum Gasteiger partial charge on any atom is 0.410 e. The third-order valence-electron chi connectivity index (χ3n) is 4.90. The van der Waals surface area contributed by atoms with Crippen LogP contribution in [0.1, 0.15) is 52.7 Å². The van der Waals surface area contributed by atoms with E-state index in [1.165, 1.54) is 7.11 Å². The highest BCUT2D eigenvalue weighted by Gasteiger charge is 2.37. The molecule has 1 aromatic rings. The Labute approximate surface area is 186 Å². The molecule has 176 valence electrons. The third-order valence-corrected chi connectivity index (χ3v) is 4.90. The quantitative estimate of drug-likeness (QED) is 0.650. The van der Waals surface area contributed by atoms with Crippen molar-refractivity contribution in [3.63, 3.8) is 0 Å². The van der Waals surface area contributed by atoms with Crippen LogP contribution < -0.4 is 4.74 Å². The van der Waals surface area contributed by atoms with Gasteiger partial charge >= 0.3 is 12.1 Å². The van der Waals surface area contributed by atoms with Gasteiger partial charge in [-0.15, -0.1) is 0 Å². The van der Waals surface area contributed by atoms with E-state index in [4.69, 9.17) is 14.2 Å². The van der Waals surface area contributed by atoms with Crippen molar-refractivity contribution in [3.05, 3.63) is 29.3 Å². The molecular weight excluding hydrogens is 398 g/mol. The van der Waals surface area contributed by atoms with Crippen molar-refractivity contribution < 1.29 is 28.9 Å². The molecule has 0 aliphatic carbocycles. The highest BCUT2D eigenvalue weighted by atomic mass is 16.6. The van der Waals surface area contributed by atoms with Crippen LogP contribution in [0.2, 0.25) is 0 Å². The van der Waals surface area contributed by atoms with Crippen LogP contribution in [0.5, 0.6) is 5.75 Å². The molecule has 0 bridgehead atoms. The van der Waals surface area contributed by atoms with Gasteiger partial charge in [-0.25, -0.2) is 4.79 Å². The van der Waals surface area contributed by atoms with Crippen LogP contribution in [0.3, 0.4) is 0 Å². The lowest BCUT2D eigenvalue weighted by Gasteiger charge is -2.41. The number of nitrogens with zero attached hydrogens (tertiary/aromatic N) is 1. The standard InChI is InChI=1S/C22H33NO6.C2H6/c1-14-9-16(10-15(2)20(25)27-6)7-8-19(14)28-13-18(24)17-11-23(12-17)21(26)29-22(3,4)5;1-2/h7-9,15,17-18,24H,10-13H2,1-6H3;1-2H3. The van der Waals surface area contributed by atoms with E-state index in [1.54, 1.807) is 4.90 Å². The lowest BCUT2D eigenvalue weighted by atomic mass is 9.94. The van der Waals surface area contributed by atoms with Crippen LogP contribution >= 0.6 is 0 Å². The summed E-state index contributed by atoms with van der Waals surface area (Å²) in [6.07, 6.45) is -0.416. The molecule has 1 N–H and O–H groups in total. The summed E-state index contributed by atoms with van der Waals surface area (Å²) in [5, 5.41) is 10.4. The van der Waals surface area contributed by atoms with Crippen molar-refractivity contribution in [1.82, 2.24) is 4.90 Å². The number of aryl methyl sites for hydroxylation is 1. The first-order chi connectivity index (χ1) is 14.5. The normalized spacial score (nSPS) is 15.7. The van der Waals surface area contributed by atoms with Crippen LogP contribution in [-0.2, 0) is 20.7 Å². The van der Waals surface area contributed by atoms with Gasteiger partial charge in [0.05, 0.1) is 19.1 Å². The van der Waals surface area contributed by atoms with E-state index < -0.39 is 11.7 Å². The lowest BCUT2D eigenvalue weighted by Crippen LogP contribution is -2.56. The predicted molar refractivity (Wildman–Crippen MR) is 120 cm³/mol. The van der Waals surface area contributed by atoms with Gasteiger partial charge in [-0.1, -0.05) is 32.9 Å². The molecule has 31 heavy (non-hydrogen) atoms. The second kappa shape index (κ2) is 11.9. The smallest absolute Gasteiger partial charge is 0.410 e. The van der Waals surface area contributed by atoms with Crippen LogP contribution in [-0.4, -0.2) is 60.6 Å². The number of hydrogen-bond donors (Lipinski definition) is 1. The SMILES string of the molecule is CC.COC(=O)C(C)Cc1ccc(OCC(O)C2CN(C(=O)OC(C)(C)C)C2)c(C)c1. The molecule has 1 saturated heterocycles. The molecule has 2 unspecified atom stereocenters. The van der Waals surface area contributed by atoms with Gasteiger partial charge < -0.3 is 24.2 Å². The number of hydrogen-bond acceptors (Lipinski definition) is 6. The second-order valence-corrected chi connectivity index (χ2v) is 8.75. The van der Waals surface area contributed by atoms with Gasteiger partial charge in [-0.05, 0) is 51.3 Å². The minimum atomic E-state index is -0.660. The number of rotatable bonds is 7. The summed E-state index contributed by atoms with van der Waals surface area (Å²) in [6, 6.07) is 5.76. The molecule has 7 heteroatoms. The Kier molecular flexibility index (Phi) is 10.3. The Balaban J connectivity index is 0.00000233. The van der Waals surface area contributed by atoms with E-state index in [9.17, 15) is 14.7 Å². The van der Waals surface area contributed by atoms with Crippen LogP contribution in [0.4, 0.5) is 4.79 Å². The van der Waals surface area contributed by atoms with Crippen molar-refractivity contribution >= 4 is 12.1 Å². The molecular formula is C24H39NO6. The van der Waals surface area contributed by atoms with Crippen molar-refractivity contribution in [1.29, 1.82) is 0 Å². The number of likely N-dealkylation sites (tertiary alicyclic amines) is 1. The van der Waals surface area contributed by atoms with E-state index in [1.807, 2.05) is 66.7 Å². The monoisotopic (exact) mass is 437 g/mol. The summed E-state index contributed by atoms with van der Waals surface area (Å²) in [4.78, 5) is 25.1. The molecule has 1 aromatic carbocycles. The fourth-order valence-corrected chi connectivity index (χ4v) is 3.18. The number of aliphatic hydroxyl groups is 1. The number of carbonyl (C=O) groups is 2. The molecule has 2 rings (SSSR count). The summed E-state index contributed by atoms with van der Waals surface area (Å²) in [6.45, 7) is 14.3. The van der Waals surface area contributed by atoms with Gasteiger partial charge in [-0.3, -0.25) is 4.79 Å². The van der Waals surface area contributed by atoms with Crippen molar-refractivity contribution in [3.8, 4) is 5.75 Å². The second-order valence-electron chi connectivity index (χ2n) is 8.75. The Hall–Kier alpha value is -2.28. The van der Waals surface area contributed by atoms with Gasteiger partial charge in [-0.2, -0.15) is 0 Å². The molecule has 0 spiro atoms. The van der Waals surface area contributed by atoms with Gasteiger partial charge in [0.2, 0.25) is 0 Å². The van der Waals surface area contributed by atoms with Gasteiger partial charge in [0.15, 0.2) is 0 Å². The maximum absolute atomic E-state index is 12.0. The first-order valence-corrected chi connectivity index (χ1v) is 11.0. The molecule has 0 radical (unpaired) electrons. The van der Waals surface area contributed by atoms with Crippen LogP contribution in [0.25, 0.3) is 0 Å². The lowest BCUT2D eigenvalue weighted by molar-refractivity contribution is -0.144. The fraction of sp³-hybridized carbons (Fsp3) is 0.667. The summed E-state index contributed by atoms with van der Waals surface area (Å²) >= 11 is 0. The van der Waals surface area contributed by atoms with Crippen LogP contribution in [0, 0.1) is 18.8 Å². The van der Waals surface area contributed by atoms with Gasteiger partial charge in [0.25, 0.3) is 0 Å². The number of ether oxygens (including phenoxy) is 3. The van der Waals surface area contributed by atoms with Gasteiger partial charge in [0.1, 0.15) is 18.0 Å². The number of methoxy groups -OCH3 is 1. The summed E-state index contributed by atoms with van der Waals surface area (Å²) in [5.41, 5.74) is 1.44.